The van der Waals surface area contributed by atoms with Crippen molar-refractivity contribution in [3.8, 4) is 0 Å². The van der Waals surface area contributed by atoms with Crippen LogP contribution < -0.4 is 0 Å². The zero-order chi connectivity index (χ0) is 23.2. The summed E-state index contributed by atoms with van der Waals surface area (Å²) in [7, 11) is 0. The fourth-order valence-corrected chi connectivity index (χ4v) is 3.47. The monoisotopic (exact) mass is 558 g/mol. The average molecular weight is 558 g/mol. The number of hydrogen-bond acceptors (Lipinski definition) is 7. The molecule has 0 saturated heterocycles. The second kappa shape index (κ2) is 14.5. The number of amides is 2. The number of ether oxygens (including phenoxy) is 1. The fourth-order valence-electron chi connectivity index (χ4n) is 2.99. The van der Waals surface area contributed by atoms with Crippen LogP contribution in [0.3, 0.4) is 0 Å². The van der Waals surface area contributed by atoms with E-state index in [0.29, 0.717) is 11.0 Å². The van der Waals surface area contributed by atoms with Crippen molar-refractivity contribution < 1.29 is 14.3 Å². The average Bonchev–Trinajstić information content (AvgIpc) is 3.49. The highest BCUT2D eigenvalue weighted by Gasteiger charge is 2.21. The molecule has 1 unspecified atom stereocenters. The van der Waals surface area contributed by atoms with Crippen LogP contribution in [-0.4, -0.2) is 75.4 Å². The maximum Gasteiger partial charge on any atom is 0.411 e. The predicted molar refractivity (Wildman–Crippen MR) is 127 cm³/mol. The van der Waals surface area contributed by atoms with Crippen molar-refractivity contribution in [1.29, 1.82) is 0 Å². The van der Waals surface area contributed by atoms with Crippen LogP contribution >= 0.6 is 22.6 Å². The minimum atomic E-state index is -0.443. The standard InChI is InChI=1S/C20H31IN8O3/c1-3-4-5-6-7-8-18(2)32-20(31)27(17-29-12-10-23-25-29)14-13-26(19(30)15-21)16-28-11-9-22-24-28/h3,9-12,18H,1,4-8,13-17H2,2H3. The van der Waals surface area contributed by atoms with E-state index >= 15 is 0 Å². The van der Waals surface area contributed by atoms with Gasteiger partial charge in [-0.15, -0.1) is 16.8 Å². The quantitative estimate of drug-likeness (QED) is 0.143. The number of hydrogen-bond donors (Lipinski definition) is 0. The molecule has 1 atom stereocenters. The summed E-state index contributed by atoms with van der Waals surface area (Å²) < 4.78 is 9.10. The van der Waals surface area contributed by atoms with Crippen LogP contribution in [-0.2, 0) is 22.9 Å². The molecule has 0 fully saturated rings. The summed E-state index contributed by atoms with van der Waals surface area (Å²) >= 11 is 2.03. The van der Waals surface area contributed by atoms with Gasteiger partial charge in [0.15, 0.2) is 0 Å². The van der Waals surface area contributed by atoms with E-state index in [-0.39, 0.29) is 31.9 Å². The van der Waals surface area contributed by atoms with E-state index in [1.807, 2.05) is 35.6 Å². The number of halogens is 1. The molecule has 0 aliphatic rings. The fraction of sp³-hybridized carbons (Fsp3) is 0.600. The van der Waals surface area contributed by atoms with Gasteiger partial charge in [0, 0.05) is 25.5 Å². The highest BCUT2D eigenvalue weighted by Crippen LogP contribution is 2.11. The highest BCUT2D eigenvalue weighted by molar-refractivity contribution is 14.1. The first-order chi connectivity index (χ1) is 15.5. The lowest BCUT2D eigenvalue weighted by Gasteiger charge is -2.28. The van der Waals surface area contributed by atoms with E-state index in [1.165, 1.54) is 4.90 Å². The predicted octanol–water partition coefficient (Wildman–Crippen LogP) is 2.71. The molecule has 12 heteroatoms. The van der Waals surface area contributed by atoms with E-state index in [2.05, 4.69) is 27.2 Å². The SMILES string of the molecule is C=CCCCCCC(C)OC(=O)N(CCN(Cn1ccnn1)C(=O)CI)Cn1ccnn1. The van der Waals surface area contributed by atoms with Gasteiger partial charge in [-0.05, 0) is 32.6 Å². The Labute approximate surface area is 201 Å². The Morgan fingerprint density at radius 2 is 1.69 bits per heavy atom. The maximum absolute atomic E-state index is 12.9. The van der Waals surface area contributed by atoms with Crippen LogP contribution in [0.15, 0.2) is 37.4 Å². The van der Waals surface area contributed by atoms with Gasteiger partial charge >= 0.3 is 6.09 Å². The molecule has 176 valence electrons. The molecular formula is C20H31IN8O3. The molecule has 11 nitrogen and oxygen atoms in total. The van der Waals surface area contributed by atoms with Crippen molar-refractivity contribution in [3.05, 3.63) is 37.4 Å². The number of unbranched alkanes of at least 4 members (excludes halogenated alkanes) is 3. The van der Waals surface area contributed by atoms with Gasteiger partial charge in [-0.1, -0.05) is 45.5 Å². The first kappa shape index (κ1) is 25.7. The molecule has 0 bridgehead atoms. The van der Waals surface area contributed by atoms with Crippen LogP contribution in [0.1, 0.15) is 39.0 Å². The number of allylic oxidation sites excluding steroid dienone is 1. The van der Waals surface area contributed by atoms with Crippen molar-refractivity contribution in [3.63, 3.8) is 0 Å². The Hall–Kier alpha value is -2.51. The molecule has 0 aliphatic carbocycles. The summed E-state index contributed by atoms with van der Waals surface area (Å²) in [5.74, 6) is -0.0527. The third kappa shape index (κ3) is 9.32. The lowest BCUT2D eigenvalue weighted by atomic mass is 10.1. The molecule has 0 radical (unpaired) electrons. The first-order valence-electron chi connectivity index (χ1n) is 10.6. The Morgan fingerprint density at radius 3 is 2.25 bits per heavy atom. The van der Waals surface area contributed by atoms with Gasteiger partial charge < -0.3 is 9.64 Å². The van der Waals surface area contributed by atoms with Crippen LogP contribution in [0, 0.1) is 0 Å². The van der Waals surface area contributed by atoms with Gasteiger partial charge in [0.1, 0.15) is 19.4 Å². The van der Waals surface area contributed by atoms with E-state index < -0.39 is 6.09 Å². The van der Waals surface area contributed by atoms with Crippen LogP contribution in [0.5, 0.6) is 0 Å². The Kier molecular flexibility index (Phi) is 11.7. The van der Waals surface area contributed by atoms with Gasteiger partial charge in [0.05, 0.1) is 16.8 Å². The van der Waals surface area contributed by atoms with Crippen LogP contribution in [0.25, 0.3) is 0 Å². The Bertz CT molecular complexity index is 800. The van der Waals surface area contributed by atoms with Crippen molar-refractivity contribution in [1.82, 2.24) is 39.8 Å². The Morgan fingerprint density at radius 1 is 1.06 bits per heavy atom. The molecule has 0 saturated carbocycles. The number of carbonyl (C=O) groups is 2. The summed E-state index contributed by atoms with van der Waals surface area (Å²) in [6.07, 6.45) is 12.7. The van der Waals surface area contributed by atoms with E-state index in [0.717, 1.165) is 32.1 Å². The first-order valence-corrected chi connectivity index (χ1v) is 12.1. The molecule has 0 spiro atoms. The minimum absolute atomic E-state index is 0.0527. The van der Waals surface area contributed by atoms with Crippen molar-refractivity contribution in [2.24, 2.45) is 0 Å². The third-order valence-corrected chi connectivity index (χ3v) is 5.41. The Balaban J connectivity index is 1.94. The molecule has 0 aliphatic heterocycles. The number of alkyl halides is 1. The molecular weight excluding hydrogens is 527 g/mol. The van der Waals surface area contributed by atoms with Gasteiger partial charge in [-0.2, -0.15) is 0 Å². The number of aromatic nitrogens is 6. The van der Waals surface area contributed by atoms with Gasteiger partial charge in [-0.3, -0.25) is 9.69 Å². The zero-order valence-corrected chi connectivity index (χ0v) is 20.6. The van der Waals surface area contributed by atoms with Gasteiger partial charge in [0.2, 0.25) is 5.91 Å². The number of carbonyl (C=O) groups excluding carboxylic acids is 2. The molecule has 2 aromatic heterocycles. The molecule has 2 amide bonds. The second-order valence-electron chi connectivity index (χ2n) is 7.34. The molecule has 32 heavy (non-hydrogen) atoms. The van der Waals surface area contributed by atoms with Gasteiger partial charge in [0.25, 0.3) is 0 Å². The topological polar surface area (TPSA) is 111 Å². The lowest BCUT2D eigenvalue weighted by Crippen LogP contribution is -2.43. The summed E-state index contributed by atoms with van der Waals surface area (Å²) in [6, 6.07) is 0. The second-order valence-corrected chi connectivity index (χ2v) is 8.11. The summed E-state index contributed by atoms with van der Waals surface area (Å²) in [6.45, 7) is 6.67. The van der Waals surface area contributed by atoms with Crippen molar-refractivity contribution in [2.75, 3.05) is 17.5 Å². The molecule has 2 rings (SSSR count). The molecule has 0 N–H and O–H groups in total. The largest absolute Gasteiger partial charge is 0.446 e. The lowest BCUT2D eigenvalue weighted by molar-refractivity contribution is -0.130. The van der Waals surface area contributed by atoms with Crippen molar-refractivity contribution >= 4 is 34.6 Å². The van der Waals surface area contributed by atoms with Crippen LogP contribution in [0.2, 0.25) is 0 Å². The minimum Gasteiger partial charge on any atom is -0.446 e. The summed E-state index contributed by atoms with van der Waals surface area (Å²) in [5.41, 5.74) is 0. The maximum atomic E-state index is 12.9. The molecule has 2 heterocycles. The highest BCUT2D eigenvalue weighted by atomic mass is 127. The molecule has 2 aromatic rings. The van der Waals surface area contributed by atoms with Crippen molar-refractivity contribution in [2.45, 2.75) is 58.5 Å². The third-order valence-electron chi connectivity index (χ3n) is 4.76. The van der Waals surface area contributed by atoms with Gasteiger partial charge in [-0.25, -0.2) is 14.2 Å². The zero-order valence-electron chi connectivity index (χ0n) is 18.4. The smallest absolute Gasteiger partial charge is 0.411 e. The van der Waals surface area contributed by atoms with Crippen LogP contribution in [0.4, 0.5) is 4.79 Å². The number of nitrogens with zero attached hydrogens (tertiary/aromatic N) is 8. The summed E-state index contributed by atoms with van der Waals surface area (Å²) in [5, 5.41) is 15.4. The number of rotatable bonds is 15. The summed E-state index contributed by atoms with van der Waals surface area (Å²) in [4.78, 5) is 28.4. The van der Waals surface area contributed by atoms with E-state index in [9.17, 15) is 9.59 Å². The van der Waals surface area contributed by atoms with E-state index in [4.69, 9.17) is 4.74 Å². The normalized spacial score (nSPS) is 11.7. The van der Waals surface area contributed by atoms with E-state index in [1.54, 1.807) is 39.1 Å². The molecule has 0 aromatic carbocycles.